The van der Waals surface area contributed by atoms with Gasteiger partial charge in [0, 0.05) is 11.6 Å². The van der Waals surface area contributed by atoms with Crippen molar-refractivity contribution in [2.24, 2.45) is 0 Å². The third-order valence-corrected chi connectivity index (χ3v) is 5.29. The second-order valence-corrected chi connectivity index (χ2v) is 7.56. The van der Waals surface area contributed by atoms with Crippen molar-refractivity contribution in [3.8, 4) is 17.2 Å². The van der Waals surface area contributed by atoms with E-state index in [4.69, 9.17) is 14.2 Å². The summed E-state index contributed by atoms with van der Waals surface area (Å²) in [6, 6.07) is 19.8. The first-order valence-electron chi connectivity index (χ1n) is 10.9. The van der Waals surface area contributed by atoms with E-state index < -0.39 is 0 Å². The first kappa shape index (κ1) is 23.5. The van der Waals surface area contributed by atoms with Gasteiger partial charge in [-0.2, -0.15) is 0 Å². The minimum absolute atomic E-state index is 0.0456. The number of benzene rings is 3. The number of carbonyl (C=O) groups excluding carboxylic acids is 1. The van der Waals surface area contributed by atoms with Gasteiger partial charge in [0.15, 0.2) is 12.5 Å². The molecule has 0 aliphatic rings. The Morgan fingerprint density at radius 1 is 0.914 bits per heavy atom. The Hall–Kier alpha value is -4.65. The summed E-state index contributed by atoms with van der Waals surface area (Å²) < 4.78 is 17.7. The van der Waals surface area contributed by atoms with Crippen molar-refractivity contribution in [2.45, 2.75) is 6.73 Å². The minimum atomic E-state index is -0.161. The normalized spacial score (nSPS) is 11.3. The number of rotatable bonds is 9. The number of carbonyl (C=O) groups is 1. The molecule has 3 aromatic carbocycles. The van der Waals surface area contributed by atoms with E-state index in [-0.39, 0.29) is 18.1 Å². The molecule has 0 unspecified atom stereocenters. The van der Waals surface area contributed by atoms with Crippen LogP contribution in [0.3, 0.4) is 0 Å². The van der Waals surface area contributed by atoms with E-state index in [1.165, 1.54) is 23.0 Å². The summed E-state index contributed by atoms with van der Waals surface area (Å²) in [4.78, 5) is 29.1. The molecule has 0 saturated carbocycles. The molecule has 0 N–H and O–H groups in total. The zero-order valence-corrected chi connectivity index (χ0v) is 19.4. The number of nitrogens with zero attached hydrogens (tertiary/aromatic N) is 2. The van der Waals surface area contributed by atoms with Gasteiger partial charge in [-0.3, -0.25) is 14.2 Å². The van der Waals surface area contributed by atoms with E-state index in [1.54, 1.807) is 68.8 Å². The van der Waals surface area contributed by atoms with E-state index in [0.717, 1.165) is 11.1 Å². The molecular weight excluding hydrogens is 444 g/mol. The molecule has 0 aliphatic heterocycles. The van der Waals surface area contributed by atoms with Crippen molar-refractivity contribution in [1.29, 1.82) is 0 Å². The number of para-hydroxylation sites is 1. The molecule has 0 saturated heterocycles. The van der Waals surface area contributed by atoms with Crippen molar-refractivity contribution in [2.75, 3.05) is 14.2 Å². The van der Waals surface area contributed by atoms with Crippen LogP contribution in [0.2, 0.25) is 0 Å². The van der Waals surface area contributed by atoms with Crippen molar-refractivity contribution in [3.05, 3.63) is 107 Å². The van der Waals surface area contributed by atoms with Crippen molar-refractivity contribution >= 4 is 28.8 Å². The molecule has 0 spiro atoms. The fraction of sp³-hybridized carbons (Fsp3) is 0.107. The number of ketones is 1. The fourth-order valence-corrected chi connectivity index (χ4v) is 3.38. The lowest BCUT2D eigenvalue weighted by molar-refractivity contribution is -0.110. The predicted octanol–water partition coefficient (Wildman–Crippen LogP) is 4.75. The summed E-state index contributed by atoms with van der Waals surface area (Å²) in [5.74, 6) is 1.74. The van der Waals surface area contributed by atoms with Crippen LogP contribution >= 0.6 is 0 Å². The molecule has 0 atom stereocenters. The first-order valence-corrected chi connectivity index (χ1v) is 10.9. The minimum Gasteiger partial charge on any atom is -0.497 e. The van der Waals surface area contributed by atoms with Crippen LogP contribution in [0.25, 0.3) is 23.1 Å². The molecule has 0 bridgehead atoms. The molecule has 4 rings (SSSR count). The average Bonchev–Trinajstić information content (AvgIpc) is 2.91. The van der Waals surface area contributed by atoms with Crippen LogP contribution in [0.15, 0.2) is 90.0 Å². The highest BCUT2D eigenvalue weighted by molar-refractivity contribution is 6.04. The molecule has 7 heteroatoms. The number of hydrogen-bond acceptors (Lipinski definition) is 6. The Balaban J connectivity index is 1.35. The summed E-state index contributed by atoms with van der Waals surface area (Å²) in [7, 11) is 3.15. The number of fused-ring (bicyclic) bond motifs is 1. The van der Waals surface area contributed by atoms with Crippen molar-refractivity contribution in [1.82, 2.24) is 9.55 Å². The van der Waals surface area contributed by atoms with Gasteiger partial charge in [0.05, 0.1) is 25.1 Å². The van der Waals surface area contributed by atoms with E-state index >= 15 is 0 Å². The monoisotopic (exact) mass is 468 g/mol. The average molecular weight is 469 g/mol. The molecule has 176 valence electrons. The molecule has 1 heterocycles. The van der Waals surface area contributed by atoms with Gasteiger partial charge >= 0.3 is 0 Å². The second-order valence-electron chi connectivity index (χ2n) is 7.56. The lowest BCUT2D eigenvalue weighted by atomic mass is 10.1. The van der Waals surface area contributed by atoms with E-state index in [9.17, 15) is 9.59 Å². The Bertz CT molecular complexity index is 1450. The predicted molar refractivity (Wildman–Crippen MR) is 136 cm³/mol. The van der Waals surface area contributed by atoms with E-state index in [1.807, 2.05) is 24.3 Å². The Kier molecular flexibility index (Phi) is 7.37. The third kappa shape index (κ3) is 5.83. The first-order chi connectivity index (χ1) is 17.1. The van der Waals surface area contributed by atoms with Crippen LogP contribution in [0, 0.1) is 0 Å². The zero-order chi connectivity index (χ0) is 24.6. The number of hydrogen-bond donors (Lipinski definition) is 0. The lowest BCUT2D eigenvalue weighted by Crippen LogP contribution is -2.23. The molecule has 0 amide bonds. The van der Waals surface area contributed by atoms with Gasteiger partial charge in [0.2, 0.25) is 0 Å². The van der Waals surface area contributed by atoms with Crippen LogP contribution < -0.4 is 19.8 Å². The Morgan fingerprint density at radius 3 is 2.43 bits per heavy atom. The van der Waals surface area contributed by atoms with Gasteiger partial charge in [0.25, 0.3) is 5.56 Å². The SMILES string of the molecule is COc1ccc(/C=C/C(=O)/C=C/c2ccc(OCn3cnc4ccccc4c3=O)cc2)c(OC)c1. The molecule has 0 radical (unpaired) electrons. The second kappa shape index (κ2) is 11.0. The van der Waals surface area contributed by atoms with Crippen LogP contribution in [-0.4, -0.2) is 29.6 Å². The van der Waals surface area contributed by atoms with Crippen LogP contribution in [0.1, 0.15) is 11.1 Å². The van der Waals surface area contributed by atoms with Gasteiger partial charge < -0.3 is 14.2 Å². The zero-order valence-electron chi connectivity index (χ0n) is 19.4. The maximum Gasteiger partial charge on any atom is 0.263 e. The summed E-state index contributed by atoms with van der Waals surface area (Å²) in [5.41, 5.74) is 2.11. The number of allylic oxidation sites excluding steroid dienone is 2. The number of methoxy groups -OCH3 is 2. The summed E-state index contributed by atoms with van der Waals surface area (Å²) in [5, 5.41) is 0.545. The van der Waals surface area contributed by atoms with Crippen LogP contribution in [-0.2, 0) is 11.5 Å². The van der Waals surface area contributed by atoms with Gasteiger partial charge in [-0.05, 0) is 60.2 Å². The van der Waals surface area contributed by atoms with E-state index in [0.29, 0.717) is 28.2 Å². The Morgan fingerprint density at radius 2 is 1.66 bits per heavy atom. The fourth-order valence-electron chi connectivity index (χ4n) is 3.38. The molecule has 35 heavy (non-hydrogen) atoms. The number of aromatic nitrogens is 2. The Labute approximate surface area is 202 Å². The van der Waals surface area contributed by atoms with Gasteiger partial charge in [-0.1, -0.05) is 30.3 Å². The summed E-state index contributed by atoms with van der Waals surface area (Å²) >= 11 is 0. The smallest absolute Gasteiger partial charge is 0.263 e. The van der Waals surface area contributed by atoms with Gasteiger partial charge in [0.1, 0.15) is 23.6 Å². The maximum absolute atomic E-state index is 12.5. The highest BCUT2D eigenvalue weighted by Gasteiger charge is 2.04. The number of ether oxygens (including phenoxy) is 3. The molecule has 1 aromatic heterocycles. The maximum atomic E-state index is 12.5. The van der Waals surface area contributed by atoms with Gasteiger partial charge in [-0.25, -0.2) is 4.98 Å². The van der Waals surface area contributed by atoms with E-state index in [2.05, 4.69) is 4.98 Å². The van der Waals surface area contributed by atoms with Gasteiger partial charge in [-0.15, -0.1) is 0 Å². The molecular formula is C28H24N2O5. The molecule has 7 nitrogen and oxygen atoms in total. The summed E-state index contributed by atoms with van der Waals surface area (Å²) in [6.45, 7) is 0.0456. The standard InChI is InChI=1S/C28H24N2O5/c1-33-24-16-11-21(27(17-24)34-2)10-13-22(31)12-7-20-8-14-23(15-9-20)35-19-30-18-29-26-6-4-3-5-25(26)28(30)32/h3-18H,19H2,1-2H3/b12-7+,13-10+. The third-order valence-electron chi connectivity index (χ3n) is 5.29. The van der Waals surface area contributed by atoms with Crippen molar-refractivity contribution in [3.63, 3.8) is 0 Å². The van der Waals surface area contributed by atoms with Crippen LogP contribution in [0.4, 0.5) is 0 Å². The largest absolute Gasteiger partial charge is 0.497 e. The summed E-state index contributed by atoms with van der Waals surface area (Å²) in [6.07, 6.45) is 7.86. The highest BCUT2D eigenvalue weighted by atomic mass is 16.5. The topological polar surface area (TPSA) is 79.7 Å². The van der Waals surface area contributed by atoms with Crippen LogP contribution in [0.5, 0.6) is 17.2 Å². The lowest BCUT2D eigenvalue weighted by Gasteiger charge is -2.09. The van der Waals surface area contributed by atoms with Crippen molar-refractivity contribution < 1.29 is 19.0 Å². The highest BCUT2D eigenvalue weighted by Crippen LogP contribution is 2.25. The quantitative estimate of drug-likeness (QED) is 0.330. The molecule has 0 fully saturated rings. The molecule has 4 aromatic rings. The molecule has 0 aliphatic carbocycles.